The van der Waals surface area contributed by atoms with E-state index in [4.69, 9.17) is 15.9 Å². The van der Waals surface area contributed by atoms with Gasteiger partial charge in [-0.15, -0.1) is 0 Å². The van der Waals surface area contributed by atoms with Gasteiger partial charge in [-0.2, -0.15) is 0 Å². The van der Waals surface area contributed by atoms with E-state index in [1.54, 1.807) is 6.07 Å². The van der Waals surface area contributed by atoms with Crippen LogP contribution in [0.3, 0.4) is 0 Å². The van der Waals surface area contributed by atoms with Gasteiger partial charge in [0.15, 0.2) is 5.69 Å². The average molecular weight is 235 g/mol. The molecule has 0 saturated carbocycles. The number of rotatable bonds is 3. The summed E-state index contributed by atoms with van der Waals surface area (Å²) in [5.74, 6) is -2.19. The predicted molar refractivity (Wildman–Crippen MR) is 57.9 cm³/mol. The van der Waals surface area contributed by atoms with Gasteiger partial charge in [-0.3, -0.25) is 4.79 Å². The van der Waals surface area contributed by atoms with Crippen LogP contribution >= 0.6 is 0 Å². The number of aromatic nitrogens is 2. The number of aromatic carboxylic acids is 1. The summed E-state index contributed by atoms with van der Waals surface area (Å²) < 4.78 is 1.38. The molecule has 0 bridgehead atoms. The molecule has 0 fully saturated rings. The fourth-order valence-electron chi connectivity index (χ4n) is 1.64. The fraction of sp³-hybridized carbons (Fsp3) is 0.100. The number of hydrogen-bond donors (Lipinski definition) is 3. The maximum atomic E-state index is 11.0. The maximum absolute atomic E-state index is 11.0. The zero-order chi connectivity index (χ0) is 12.6. The number of aliphatic carboxylic acids is 1. The smallest absolute Gasteiger partial charge is 0.356 e. The highest BCUT2D eigenvalue weighted by molar-refractivity contribution is 5.97. The molecule has 0 amide bonds. The Labute approximate surface area is 95.1 Å². The minimum absolute atomic E-state index is 0.136. The Morgan fingerprint density at radius 2 is 2.12 bits per heavy atom. The highest BCUT2D eigenvalue weighted by Crippen LogP contribution is 2.20. The normalized spacial score (nSPS) is 10.6. The maximum Gasteiger partial charge on any atom is 0.356 e. The summed E-state index contributed by atoms with van der Waals surface area (Å²) in [6, 6.07) is 3.13. The van der Waals surface area contributed by atoms with Gasteiger partial charge < -0.3 is 20.3 Å². The topological polar surface area (TPSA) is 118 Å². The Balaban J connectivity index is 2.75. The third kappa shape index (κ3) is 1.78. The molecular weight excluding hydrogens is 226 g/mol. The van der Waals surface area contributed by atoms with Gasteiger partial charge in [0.2, 0.25) is 0 Å². The molecule has 0 aliphatic carbocycles. The van der Waals surface area contributed by atoms with Crippen molar-refractivity contribution in [1.82, 2.24) is 9.38 Å². The number of imidazole rings is 1. The first kappa shape index (κ1) is 10.9. The Morgan fingerprint density at radius 3 is 2.71 bits per heavy atom. The SMILES string of the molecule is Nc1cccn2c(CC(=O)O)nc(C(=O)O)c12. The lowest BCUT2D eigenvalue weighted by molar-refractivity contribution is -0.136. The Morgan fingerprint density at radius 1 is 1.41 bits per heavy atom. The van der Waals surface area contributed by atoms with E-state index in [2.05, 4.69) is 4.98 Å². The van der Waals surface area contributed by atoms with Crippen LogP contribution in [-0.2, 0) is 11.2 Å². The minimum atomic E-state index is -1.24. The summed E-state index contributed by atoms with van der Waals surface area (Å²) in [5, 5.41) is 17.7. The highest BCUT2D eigenvalue weighted by atomic mass is 16.4. The van der Waals surface area contributed by atoms with E-state index in [-0.39, 0.29) is 29.1 Å². The van der Waals surface area contributed by atoms with Crippen molar-refractivity contribution in [2.75, 3.05) is 5.73 Å². The second-order valence-electron chi connectivity index (χ2n) is 3.43. The number of hydrogen-bond acceptors (Lipinski definition) is 4. The molecule has 2 aromatic heterocycles. The summed E-state index contributed by atoms with van der Waals surface area (Å²) in [4.78, 5) is 25.4. The number of fused-ring (bicyclic) bond motifs is 1. The molecule has 0 saturated heterocycles. The fourth-order valence-corrected chi connectivity index (χ4v) is 1.64. The van der Waals surface area contributed by atoms with E-state index in [0.29, 0.717) is 0 Å². The number of carboxylic acid groups (broad SMARTS) is 2. The molecule has 88 valence electrons. The van der Waals surface area contributed by atoms with Crippen molar-refractivity contribution in [2.24, 2.45) is 0 Å². The molecule has 2 aromatic rings. The summed E-state index contributed by atoms with van der Waals surface area (Å²) in [7, 11) is 0. The highest BCUT2D eigenvalue weighted by Gasteiger charge is 2.19. The first-order valence-corrected chi connectivity index (χ1v) is 4.71. The van der Waals surface area contributed by atoms with Gasteiger partial charge >= 0.3 is 11.9 Å². The lowest BCUT2D eigenvalue weighted by Crippen LogP contribution is -2.05. The van der Waals surface area contributed by atoms with E-state index < -0.39 is 11.9 Å². The number of pyridine rings is 1. The monoisotopic (exact) mass is 235 g/mol. The predicted octanol–water partition coefficient (Wildman–Crippen LogP) is 0.242. The molecule has 7 nitrogen and oxygen atoms in total. The number of nitrogens with two attached hydrogens (primary N) is 1. The first-order valence-electron chi connectivity index (χ1n) is 4.71. The largest absolute Gasteiger partial charge is 0.481 e. The molecule has 17 heavy (non-hydrogen) atoms. The van der Waals surface area contributed by atoms with Crippen LogP contribution in [0.1, 0.15) is 16.3 Å². The van der Waals surface area contributed by atoms with Crippen LogP contribution in [0.15, 0.2) is 18.3 Å². The van der Waals surface area contributed by atoms with Crippen molar-refractivity contribution in [3.05, 3.63) is 29.8 Å². The van der Waals surface area contributed by atoms with Gasteiger partial charge in [0, 0.05) is 6.20 Å². The molecule has 0 aromatic carbocycles. The molecule has 4 N–H and O–H groups in total. The van der Waals surface area contributed by atoms with Crippen LogP contribution in [0.5, 0.6) is 0 Å². The molecule has 0 spiro atoms. The van der Waals surface area contributed by atoms with E-state index in [1.165, 1.54) is 16.7 Å². The van der Waals surface area contributed by atoms with Gasteiger partial charge in [0.25, 0.3) is 0 Å². The van der Waals surface area contributed by atoms with Crippen LogP contribution in [0.25, 0.3) is 5.52 Å². The van der Waals surface area contributed by atoms with E-state index in [0.717, 1.165) is 0 Å². The third-order valence-corrected chi connectivity index (χ3v) is 2.28. The standard InChI is InChI=1S/C10H9N3O4/c11-5-2-1-3-13-6(4-7(14)15)12-8(9(5)13)10(16)17/h1-3H,4,11H2,(H,14,15)(H,16,17). The van der Waals surface area contributed by atoms with Crippen molar-refractivity contribution in [3.63, 3.8) is 0 Å². The van der Waals surface area contributed by atoms with E-state index in [9.17, 15) is 9.59 Å². The summed E-state index contributed by atoms with van der Waals surface area (Å²) in [6.07, 6.45) is 1.17. The van der Waals surface area contributed by atoms with Gasteiger partial charge in [0.05, 0.1) is 5.69 Å². The summed E-state index contributed by atoms with van der Waals surface area (Å²) in [5.41, 5.74) is 5.89. The summed E-state index contributed by atoms with van der Waals surface area (Å²) in [6.45, 7) is 0. The van der Waals surface area contributed by atoms with Crippen molar-refractivity contribution in [2.45, 2.75) is 6.42 Å². The zero-order valence-corrected chi connectivity index (χ0v) is 8.62. The molecule has 0 unspecified atom stereocenters. The van der Waals surface area contributed by atoms with Crippen molar-refractivity contribution in [3.8, 4) is 0 Å². The zero-order valence-electron chi connectivity index (χ0n) is 8.62. The van der Waals surface area contributed by atoms with Gasteiger partial charge in [-0.05, 0) is 12.1 Å². The lowest BCUT2D eigenvalue weighted by atomic mass is 10.3. The van der Waals surface area contributed by atoms with E-state index >= 15 is 0 Å². The number of carboxylic acids is 2. The average Bonchev–Trinajstić information content (AvgIpc) is 2.58. The van der Waals surface area contributed by atoms with Gasteiger partial charge in [0.1, 0.15) is 17.8 Å². The van der Waals surface area contributed by atoms with Crippen LogP contribution in [0.4, 0.5) is 5.69 Å². The molecule has 0 radical (unpaired) electrons. The number of nitrogen functional groups attached to an aromatic ring is 1. The molecule has 2 rings (SSSR count). The summed E-state index contributed by atoms with van der Waals surface area (Å²) >= 11 is 0. The minimum Gasteiger partial charge on any atom is -0.481 e. The number of nitrogens with zero attached hydrogens (tertiary/aromatic N) is 2. The van der Waals surface area contributed by atoms with Crippen LogP contribution in [-0.4, -0.2) is 31.5 Å². The molecular formula is C10H9N3O4. The molecule has 0 aliphatic rings. The number of carbonyl (C=O) groups is 2. The molecule has 7 heteroatoms. The second-order valence-corrected chi connectivity index (χ2v) is 3.43. The van der Waals surface area contributed by atoms with Crippen molar-refractivity contribution < 1.29 is 19.8 Å². The quantitative estimate of drug-likeness (QED) is 0.701. The van der Waals surface area contributed by atoms with Crippen LogP contribution in [0.2, 0.25) is 0 Å². The number of anilines is 1. The van der Waals surface area contributed by atoms with Crippen molar-refractivity contribution in [1.29, 1.82) is 0 Å². The van der Waals surface area contributed by atoms with Gasteiger partial charge in [-0.25, -0.2) is 9.78 Å². The second kappa shape index (κ2) is 3.78. The third-order valence-electron chi connectivity index (χ3n) is 2.28. The van der Waals surface area contributed by atoms with Gasteiger partial charge in [-0.1, -0.05) is 0 Å². The molecule has 0 atom stereocenters. The Bertz CT molecular complexity index is 617. The Hall–Kier alpha value is -2.57. The first-order chi connectivity index (χ1) is 8.00. The van der Waals surface area contributed by atoms with Crippen LogP contribution in [0, 0.1) is 0 Å². The lowest BCUT2D eigenvalue weighted by Gasteiger charge is -2.00. The van der Waals surface area contributed by atoms with E-state index in [1.807, 2.05) is 0 Å². The van der Waals surface area contributed by atoms with Crippen molar-refractivity contribution >= 4 is 23.1 Å². The Kier molecular flexibility index (Phi) is 2.43. The van der Waals surface area contributed by atoms with Crippen LogP contribution < -0.4 is 5.73 Å². The molecule has 2 heterocycles. The molecule has 0 aliphatic heterocycles.